The van der Waals surface area contributed by atoms with E-state index in [2.05, 4.69) is 20.9 Å². The largest absolute Gasteiger partial charge is 0.479 e. The van der Waals surface area contributed by atoms with Crippen LogP contribution in [-0.4, -0.2) is 33.9 Å². The first-order valence-corrected chi connectivity index (χ1v) is 7.36. The van der Waals surface area contributed by atoms with Crippen LogP contribution >= 0.6 is 15.9 Å². The van der Waals surface area contributed by atoms with Crippen molar-refractivity contribution in [3.8, 4) is 0 Å². The van der Waals surface area contributed by atoms with E-state index >= 15 is 0 Å². The number of fused-ring (bicyclic) bond motifs is 1. The lowest BCUT2D eigenvalue weighted by Crippen LogP contribution is -2.34. The number of carbonyl (C=O) groups excluding carboxylic acids is 1. The van der Waals surface area contributed by atoms with Gasteiger partial charge in [-0.05, 0) is 18.6 Å². The fraction of sp³-hybridized carbons (Fsp3) is 0.267. The van der Waals surface area contributed by atoms with Crippen LogP contribution in [-0.2, 0) is 9.59 Å². The standard InChI is InChI=1S/C15H15BrN2O3/c1-2-8-18(9-19)14(15(20)21)11-5-6-12(16)10-4-3-7-17-13(10)11/h3-7,9,14H,2,8H2,1H3,(H,20,21). The molecule has 0 aliphatic heterocycles. The number of amides is 1. The Balaban J connectivity index is 2.63. The number of carboxylic acid groups (broad SMARTS) is 1. The van der Waals surface area contributed by atoms with Crippen LogP contribution in [0.25, 0.3) is 10.9 Å². The molecule has 1 heterocycles. The Bertz CT molecular complexity index is 675. The first-order valence-electron chi connectivity index (χ1n) is 6.57. The van der Waals surface area contributed by atoms with Gasteiger partial charge in [0.05, 0.1) is 5.52 Å². The molecule has 2 aromatic rings. The fourth-order valence-corrected chi connectivity index (χ4v) is 2.79. The van der Waals surface area contributed by atoms with Crippen LogP contribution in [0.2, 0.25) is 0 Å². The normalized spacial score (nSPS) is 12.1. The third kappa shape index (κ3) is 3.05. The molecule has 0 aliphatic carbocycles. The van der Waals surface area contributed by atoms with Crippen molar-refractivity contribution in [1.82, 2.24) is 9.88 Å². The number of hydrogen-bond donors (Lipinski definition) is 1. The van der Waals surface area contributed by atoms with E-state index in [-0.39, 0.29) is 0 Å². The SMILES string of the molecule is CCCN(C=O)C(C(=O)O)c1ccc(Br)c2cccnc12. The second-order valence-corrected chi connectivity index (χ2v) is 5.47. The molecule has 2 rings (SSSR count). The van der Waals surface area contributed by atoms with Crippen molar-refractivity contribution in [2.75, 3.05) is 6.54 Å². The molecule has 0 saturated heterocycles. The van der Waals surface area contributed by atoms with Crippen LogP contribution in [0.3, 0.4) is 0 Å². The number of pyridine rings is 1. The molecule has 0 aliphatic rings. The van der Waals surface area contributed by atoms with E-state index in [4.69, 9.17) is 0 Å². The Labute approximate surface area is 130 Å². The fourth-order valence-electron chi connectivity index (χ4n) is 2.33. The zero-order valence-corrected chi connectivity index (χ0v) is 13.1. The van der Waals surface area contributed by atoms with Gasteiger partial charge in [-0.15, -0.1) is 0 Å². The monoisotopic (exact) mass is 350 g/mol. The van der Waals surface area contributed by atoms with Crippen molar-refractivity contribution < 1.29 is 14.7 Å². The Kier molecular flexibility index (Phi) is 4.90. The van der Waals surface area contributed by atoms with Gasteiger partial charge in [0.25, 0.3) is 0 Å². The van der Waals surface area contributed by atoms with Gasteiger partial charge < -0.3 is 10.0 Å². The maximum Gasteiger partial charge on any atom is 0.331 e. The first-order chi connectivity index (χ1) is 10.1. The molecule has 1 unspecified atom stereocenters. The summed E-state index contributed by atoms with van der Waals surface area (Å²) in [5.74, 6) is -1.06. The van der Waals surface area contributed by atoms with Crippen LogP contribution in [0.4, 0.5) is 0 Å². The van der Waals surface area contributed by atoms with Crippen molar-refractivity contribution in [3.63, 3.8) is 0 Å². The van der Waals surface area contributed by atoms with Crippen molar-refractivity contribution in [2.24, 2.45) is 0 Å². The highest BCUT2D eigenvalue weighted by Crippen LogP contribution is 2.31. The lowest BCUT2D eigenvalue weighted by Gasteiger charge is -2.25. The molecule has 1 N–H and O–H groups in total. The van der Waals surface area contributed by atoms with Crippen LogP contribution in [0.15, 0.2) is 34.9 Å². The molecular weight excluding hydrogens is 336 g/mol. The average Bonchev–Trinajstić information content (AvgIpc) is 2.49. The molecule has 110 valence electrons. The summed E-state index contributed by atoms with van der Waals surface area (Å²) in [4.78, 5) is 28.5. The second kappa shape index (κ2) is 6.67. The number of nitrogens with zero attached hydrogens (tertiary/aromatic N) is 2. The van der Waals surface area contributed by atoms with Gasteiger partial charge in [-0.1, -0.05) is 35.0 Å². The highest BCUT2D eigenvalue weighted by molar-refractivity contribution is 9.10. The molecule has 0 fully saturated rings. The molecular formula is C15H15BrN2O3. The molecule has 1 aromatic carbocycles. The molecule has 0 bridgehead atoms. The smallest absolute Gasteiger partial charge is 0.331 e. The molecule has 1 amide bonds. The maximum atomic E-state index is 11.7. The highest BCUT2D eigenvalue weighted by Gasteiger charge is 2.28. The lowest BCUT2D eigenvalue weighted by molar-refractivity contribution is -0.146. The van der Waals surface area contributed by atoms with Gasteiger partial charge in [-0.25, -0.2) is 4.79 Å². The Hall–Kier alpha value is -1.95. The molecule has 21 heavy (non-hydrogen) atoms. The number of hydrogen-bond acceptors (Lipinski definition) is 3. The maximum absolute atomic E-state index is 11.7. The molecule has 1 atom stereocenters. The number of rotatable bonds is 6. The summed E-state index contributed by atoms with van der Waals surface area (Å²) in [6.07, 6.45) is 2.88. The van der Waals surface area contributed by atoms with Crippen molar-refractivity contribution in [3.05, 3.63) is 40.5 Å². The predicted octanol–water partition coefficient (Wildman–Crippen LogP) is 2.99. The Morgan fingerprint density at radius 2 is 2.24 bits per heavy atom. The second-order valence-electron chi connectivity index (χ2n) is 4.62. The van der Waals surface area contributed by atoms with Gasteiger partial charge in [0, 0.05) is 28.2 Å². The number of halogens is 1. The Morgan fingerprint density at radius 1 is 1.48 bits per heavy atom. The van der Waals surface area contributed by atoms with Gasteiger partial charge in [-0.3, -0.25) is 9.78 Å². The minimum atomic E-state index is -1.06. The molecule has 0 spiro atoms. The number of aromatic nitrogens is 1. The molecule has 1 aromatic heterocycles. The summed E-state index contributed by atoms with van der Waals surface area (Å²) in [6, 6.07) is 6.10. The summed E-state index contributed by atoms with van der Waals surface area (Å²) in [6.45, 7) is 2.28. The van der Waals surface area contributed by atoms with E-state index < -0.39 is 12.0 Å². The third-order valence-corrected chi connectivity index (χ3v) is 3.92. The molecule has 6 heteroatoms. The van der Waals surface area contributed by atoms with E-state index in [1.54, 1.807) is 24.4 Å². The van der Waals surface area contributed by atoms with E-state index in [0.29, 0.717) is 30.5 Å². The number of carboxylic acids is 1. The van der Waals surface area contributed by atoms with E-state index in [1.165, 1.54) is 4.90 Å². The summed E-state index contributed by atoms with van der Waals surface area (Å²) in [5, 5.41) is 10.4. The van der Waals surface area contributed by atoms with Crippen LogP contribution in [0.1, 0.15) is 24.9 Å². The topological polar surface area (TPSA) is 70.5 Å². The highest BCUT2D eigenvalue weighted by atomic mass is 79.9. The van der Waals surface area contributed by atoms with Gasteiger partial charge in [0.2, 0.25) is 6.41 Å². The summed E-state index contributed by atoms with van der Waals surface area (Å²) < 4.78 is 0.839. The predicted molar refractivity (Wildman–Crippen MR) is 82.9 cm³/mol. The third-order valence-electron chi connectivity index (χ3n) is 3.23. The van der Waals surface area contributed by atoms with Gasteiger partial charge in [-0.2, -0.15) is 0 Å². The van der Waals surface area contributed by atoms with Crippen molar-refractivity contribution in [2.45, 2.75) is 19.4 Å². The Morgan fingerprint density at radius 3 is 2.86 bits per heavy atom. The first kappa shape index (κ1) is 15.4. The zero-order valence-electron chi connectivity index (χ0n) is 11.5. The summed E-state index contributed by atoms with van der Waals surface area (Å²) >= 11 is 3.43. The van der Waals surface area contributed by atoms with Gasteiger partial charge >= 0.3 is 5.97 Å². The summed E-state index contributed by atoms with van der Waals surface area (Å²) in [7, 11) is 0. The van der Waals surface area contributed by atoms with Gasteiger partial charge in [0.15, 0.2) is 6.04 Å². The average molecular weight is 351 g/mol. The quantitative estimate of drug-likeness (QED) is 0.813. The van der Waals surface area contributed by atoms with E-state index in [9.17, 15) is 14.7 Å². The van der Waals surface area contributed by atoms with E-state index in [0.717, 1.165) is 9.86 Å². The van der Waals surface area contributed by atoms with E-state index in [1.807, 2.05) is 13.0 Å². The van der Waals surface area contributed by atoms with Crippen molar-refractivity contribution >= 4 is 39.2 Å². The number of aliphatic carboxylic acids is 1. The van der Waals surface area contributed by atoms with Crippen LogP contribution < -0.4 is 0 Å². The number of benzene rings is 1. The van der Waals surface area contributed by atoms with Gasteiger partial charge in [0.1, 0.15) is 0 Å². The molecule has 5 nitrogen and oxygen atoms in total. The minimum absolute atomic E-state index is 0.380. The number of carbonyl (C=O) groups is 2. The molecule has 0 saturated carbocycles. The van der Waals surface area contributed by atoms with Crippen LogP contribution in [0.5, 0.6) is 0 Å². The molecule has 0 radical (unpaired) electrons. The summed E-state index contributed by atoms with van der Waals surface area (Å²) in [5.41, 5.74) is 1.10. The minimum Gasteiger partial charge on any atom is -0.479 e. The lowest BCUT2D eigenvalue weighted by atomic mass is 10.0. The zero-order chi connectivity index (χ0) is 15.4. The van der Waals surface area contributed by atoms with Crippen LogP contribution in [0, 0.1) is 0 Å². The van der Waals surface area contributed by atoms with Crippen molar-refractivity contribution in [1.29, 1.82) is 0 Å².